The molecule has 1 aromatic carbocycles. The molecule has 0 bridgehead atoms. The van der Waals surface area contributed by atoms with Crippen molar-refractivity contribution in [2.75, 3.05) is 19.7 Å². The molecule has 2 heterocycles. The molecule has 1 aromatic heterocycles. The van der Waals surface area contributed by atoms with Crippen molar-refractivity contribution in [2.45, 2.75) is 25.8 Å². The van der Waals surface area contributed by atoms with Crippen LogP contribution in [-0.4, -0.2) is 47.1 Å². The Kier molecular flexibility index (Phi) is 5.19. The SMILES string of the molecule is FC(F)Oc1ccccc1CN1CCOC(Cn2cccn2)C1. The average Bonchev–Trinajstić information content (AvgIpc) is 3.02. The predicted octanol–water partition coefficient (Wildman–Crippen LogP) is 2.39. The lowest BCUT2D eigenvalue weighted by Gasteiger charge is -2.33. The molecule has 0 amide bonds. The van der Waals surface area contributed by atoms with E-state index in [0.29, 0.717) is 19.7 Å². The van der Waals surface area contributed by atoms with Crippen LogP contribution in [0, 0.1) is 0 Å². The number of hydrogen-bond donors (Lipinski definition) is 0. The van der Waals surface area contributed by atoms with Crippen LogP contribution in [0.15, 0.2) is 42.7 Å². The van der Waals surface area contributed by atoms with Crippen molar-refractivity contribution in [3.05, 3.63) is 48.3 Å². The first-order valence-electron chi connectivity index (χ1n) is 7.55. The molecule has 7 heteroatoms. The van der Waals surface area contributed by atoms with Gasteiger partial charge in [0.25, 0.3) is 0 Å². The van der Waals surface area contributed by atoms with Crippen LogP contribution in [0.3, 0.4) is 0 Å². The summed E-state index contributed by atoms with van der Waals surface area (Å²) < 4.78 is 37.2. The molecule has 23 heavy (non-hydrogen) atoms. The molecule has 0 spiro atoms. The average molecular weight is 323 g/mol. The quantitative estimate of drug-likeness (QED) is 0.818. The molecule has 1 aliphatic heterocycles. The van der Waals surface area contributed by atoms with E-state index in [1.54, 1.807) is 18.3 Å². The van der Waals surface area contributed by atoms with Crippen molar-refractivity contribution in [1.82, 2.24) is 14.7 Å². The van der Waals surface area contributed by atoms with Gasteiger partial charge in [-0.3, -0.25) is 9.58 Å². The lowest BCUT2D eigenvalue weighted by molar-refractivity contribution is -0.0536. The van der Waals surface area contributed by atoms with Gasteiger partial charge in [0.1, 0.15) is 5.75 Å². The molecule has 1 unspecified atom stereocenters. The largest absolute Gasteiger partial charge is 0.434 e. The van der Waals surface area contributed by atoms with E-state index in [1.807, 2.05) is 29.1 Å². The van der Waals surface area contributed by atoms with Gasteiger partial charge in [0.05, 0.1) is 19.3 Å². The van der Waals surface area contributed by atoms with Crippen molar-refractivity contribution in [2.24, 2.45) is 0 Å². The van der Waals surface area contributed by atoms with E-state index in [0.717, 1.165) is 18.7 Å². The summed E-state index contributed by atoms with van der Waals surface area (Å²) in [6, 6.07) is 8.79. The Morgan fingerprint density at radius 3 is 2.96 bits per heavy atom. The van der Waals surface area contributed by atoms with Crippen LogP contribution in [0.5, 0.6) is 5.75 Å². The van der Waals surface area contributed by atoms with E-state index in [-0.39, 0.29) is 11.9 Å². The summed E-state index contributed by atoms with van der Waals surface area (Å²) in [5.74, 6) is 0.234. The molecule has 1 atom stereocenters. The number of ether oxygens (including phenoxy) is 2. The number of hydrogen-bond acceptors (Lipinski definition) is 4. The fourth-order valence-electron chi connectivity index (χ4n) is 2.74. The fraction of sp³-hybridized carbons (Fsp3) is 0.438. The minimum Gasteiger partial charge on any atom is -0.434 e. The van der Waals surface area contributed by atoms with Crippen LogP contribution in [0.2, 0.25) is 0 Å². The fourth-order valence-corrected chi connectivity index (χ4v) is 2.74. The Labute approximate surface area is 133 Å². The van der Waals surface area contributed by atoms with Gasteiger partial charge in [-0.1, -0.05) is 18.2 Å². The van der Waals surface area contributed by atoms with Gasteiger partial charge >= 0.3 is 6.61 Å². The highest BCUT2D eigenvalue weighted by Crippen LogP contribution is 2.23. The highest BCUT2D eigenvalue weighted by Gasteiger charge is 2.22. The second-order valence-electron chi connectivity index (χ2n) is 5.44. The van der Waals surface area contributed by atoms with Crippen molar-refractivity contribution >= 4 is 0 Å². The lowest BCUT2D eigenvalue weighted by atomic mass is 10.1. The zero-order valence-corrected chi connectivity index (χ0v) is 12.6. The molecular weight excluding hydrogens is 304 g/mol. The van der Waals surface area contributed by atoms with E-state index >= 15 is 0 Å². The summed E-state index contributed by atoms with van der Waals surface area (Å²) in [5, 5.41) is 4.18. The number of morpholine rings is 1. The van der Waals surface area contributed by atoms with Crippen LogP contribution in [-0.2, 0) is 17.8 Å². The topological polar surface area (TPSA) is 39.5 Å². The smallest absolute Gasteiger partial charge is 0.387 e. The van der Waals surface area contributed by atoms with Gasteiger partial charge in [0, 0.05) is 37.6 Å². The highest BCUT2D eigenvalue weighted by atomic mass is 19.3. The van der Waals surface area contributed by atoms with Crippen LogP contribution < -0.4 is 4.74 Å². The number of halogens is 2. The third-order valence-electron chi connectivity index (χ3n) is 3.76. The summed E-state index contributed by atoms with van der Waals surface area (Å²) in [5.41, 5.74) is 0.757. The van der Waals surface area contributed by atoms with Crippen molar-refractivity contribution in [1.29, 1.82) is 0 Å². The number of para-hydroxylation sites is 1. The van der Waals surface area contributed by atoms with Gasteiger partial charge in [0.2, 0.25) is 0 Å². The summed E-state index contributed by atoms with van der Waals surface area (Å²) in [7, 11) is 0. The first-order chi connectivity index (χ1) is 11.2. The maximum atomic E-state index is 12.5. The number of benzene rings is 1. The summed E-state index contributed by atoms with van der Waals surface area (Å²) >= 11 is 0. The van der Waals surface area contributed by atoms with Gasteiger partial charge in [-0.15, -0.1) is 0 Å². The third-order valence-corrected chi connectivity index (χ3v) is 3.76. The predicted molar refractivity (Wildman–Crippen MR) is 80.3 cm³/mol. The van der Waals surface area contributed by atoms with Crippen LogP contribution in [0.1, 0.15) is 5.56 Å². The Morgan fingerprint density at radius 1 is 1.30 bits per heavy atom. The molecule has 1 fully saturated rings. The van der Waals surface area contributed by atoms with Gasteiger partial charge in [0.15, 0.2) is 0 Å². The Balaban J connectivity index is 1.61. The van der Waals surface area contributed by atoms with E-state index in [1.165, 1.54) is 0 Å². The second-order valence-corrected chi connectivity index (χ2v) is 5.44. The minimum absolute atomic E-state index is 0.0341. The van der Waals surface area contributed by atoms with Gasteiger partial charge < -0.3 is 9.47 Å². The molecule has 1 saturated heterocycles. The number of nitrogens with zero attached hydrogens (tertiary/aromatic N) is 3. The molecule has 2 aromatic rings. The number of alkyl halides is 2. The van der Waals surface area contributed by atoms with Gasteiger partial charge in [-0.25, -0.2) is 0 Å². The third kappa shape index (κ3) is 4.49. The zero-order chi connectivity index (χ0) is 16.1. The maximum absolute atomic E-state index is 12.5. The first-order valence-corrected chi connectivity index (χ1v) is 7.55. The molecule has 3 rings (SSSR count). The molecule has 0 radical (unpaired) electrons. The van der Waals surface area contributed by atoms with Crippen molar-refractivity contribution < 1.29 is 18.3 Å². The molecule has 5 nitrogen and oxygen atoms in total. The Hall–Kier alpha value is -1.99. The maximum Gasteiger partial charge on any atom is 0.387 e. The number of rotatable bonds is 6. The Morgan fingerprint density at radius 2 is 2.17 bits per heavy atom. The molecular formula is C16H19F2N3O2. The van der Waals surface area contributed by atoms with Crippen LogP contribution >= 0.6 is 0 Å². The number of aromatic nitrogens is 2. The summed E-state index contributed by atoms with van der Waals surface area (Å²) in [4.78, 5) is 2.19. The van der Waals surface area contributed by atoms with Crippen LogP contribution in [0.4, 0.5) is 8.78 Å². The molecule has 0 aliphatic carbocycles. The van der Waals surface area contributed by atoms with Gasteiger partial charge in [-0.05, 0) is 12.1 Å². The monoisotopic (exact) mass is 323 g/mol. The molecule has 1 aliphatic rings. The van der Waals surface area contributed by atoms with E-state index in [4.69, 9.17) is 4.74 Å². The molecule has 0 N–H and O–H groups in total. The second kappa shape index (κ2) is 7.52. The standard InChI is InChI=1S/C16H19F2N3O2/c17-16(18)23-15-5-2-1-4-13(15)10-20-8-9-22-14(11-20)12-21-7-3-6-19-21/h1-7,14,16H,8-12H2. The zero-order valence-electron chi connectivity index (χ0n) is 12.6. The summed E-state index contributed by atoms with van der Waals surface area (Å²) in [6.45, 7) is 0.527. The lowest BCUT2D eigenvalue weighted by Crippen LogP contribution is -2.43. The highest BCUT2D eigenvalue weighted by molar-refractivity contribution is 5.33. The van der Waals surface area contributed by atoms with Crippen LogP contribution in [0.25, 0.3) is 0 Å². The first kappa shape index (κ1) is 15.9. The van der Waals surface area contributed by atoms with E-state index < -0.39 is 6.61 Å². The normalized spacial score (nSPS) is 19.2. The van der Waals surface area contributed by atoms with Gasteiger partial charge in [-0.2, -0.15) is 13.9 Å². The minimum atomic E-state index is -2.81. The summed E-state index contributed by atoms with van der Waals surface area (Å²) in [6.07, 6.45) is 3.67. The Bertz CT molecular complexity index is 607. The van der Waals surface area contributed by atoms with E-state index in [9.17, 15) is 8.78 Å². The molecule has 0 saturated carbocycles. The van der Waals surface area contributed by atoms with E-state index in [2.05, 4.69) is 14.7 Å². The van der Waals surface area contributed by atoms with Crippen molar-refractivity contribution in [3.8, 4) is 5.75 Å². The van der Waals surface area contributed by atoms with Crippen molar-refractivity contribution in [3.63, 3.8) is 0 Å². The molecule has 124 valence electrons.